The summed E-state index contributed by atoms with van der Waals surface area (Å²) in [4.78, 5) is 27.5. The molecule has 148 valence electrons. The number of amides is 2. The lowest BCUT2D eigenvalue weighted by Gasteiger charge is -2.38. The number of nitrogens with one attached hydrogen (secondary N) is 1. The number of rotatable bonds is 5. The Morgan fingerprint density at radius 2 is 1.79 bits per heavy atom. The van der Waals surface area contributed by atoms with Crippen molar-refractivity contribution >= 4 is 11.8 Å². The van der Waals surface area contributed by atoms with Gasteiger partial charge in [0.2, 0.25) is 5.91 Å². The zero-order chi connectivity index (χ0) is 20.1. The predicted molar refractivity (Wildman–Crippen MR) is 107 cm³/mol. The summed E-state index contributed by atoms with van der Waals surface area (Å²) in [5, 5.41) is 3.05. The maximum absolute atomic E-state index is 13.2. The molecule has 2 aromatic carbocycles. The summed E-state index contributed by atoms with van der Waals surface area (Å²) < 4.78 is 13.2. The SMILES string of the molecule is CC[C@@H](C)NC(=O)[C@@H]1C[C@@H](c2ccccc2)CN(C(=O)c2ccc(F)cc2)C1. The summed E-state index contributed by atoms with van der Waals surface area (Å²) in [5.41, 5.74) is 1.57. The second-order valence-electron chi connectivity index (χ2n) is 7.58. The first kappa shape index (κ1) is 20.1. The van der Waals surface area contributed by atoms with Gasteiger partial charge in [-0.25, -0.2) is 4.39 Å². The van der Waals surface area contributed by atoms with Crippen LogP contribution in [0, 0.1) is 11.7 Å². The van der Waals surface area contributed by atoms with E-state index in [0.717, 1.165) is 12.0 Å². The third kappa shape index (κ3) is 4.77. The minimum Gasteiger partial charge on any atom is -0.353 e. The van der Waals surface area contributed by atoms with E-state index in [0.29, 0.717) is 25.1 Å². The second kappa shape index (κ2) is 9.00. The lowest BCUT2D eigenvalue weighted by atomic mass is 9.83. The molecule has 3 rings (SSSR count). The molecule has 3 atom stereocenters. The molecule has 2 amide bonds. The summed E-state index contributed by atoms with van der Waals surface area (Å²) in [6.07, 6.45) is 1.57. The van der Waals surface area contributed by atoms with Crippen LogP contribution in [0.15, 0.2) is 54.6 Å². The van der Waals surface area contributed by atoms with Crippen molar-refractivity contribution in [3.63, 3.8) is 0 Å². The van der Waals surface area contributed by atoms with E-state index in [1.165, 1.54) is 24.3 Å². The highest BCUT2D eigenvalue weighted by Gasteiger charge is 2.35. The van der Waals surface area contributed by atoms with Gasteiger partial charge in [0.25, 0.3) is 5.91 Å². The fourth-order valence-corrected chi connectivity index (χ4v) is 3.66. The quantitative estimate of drug-likeness (QED) is 0.850. The molecule has 0 spiro atoms. The number of hydrogen-bond acceptors (Lipinski definition) is 2. The Balaban J connectivity index is 1.83. The van der Waals surface area contributed by atoms with Crippen LogP contribution in [0.2, 0.25) is 0 Å². The summed E-state index contributed by atoms with van der Waals surface area (Å²) in [6, 6.07) is 15.7. The van der Waals surface area contributed by atoms with Crippen LogP contribution in [0.3, 0.4) is 0 Å². The molecule has 2 aromatic rings. The molecule has 1 saturated heterocycles. The van der Waals surface area contributed by atoms with Crippen molar-refractivity contribution in [1.82, 2.24) is 10.2 Å². The van der Waals surface area contributed by atoms with Gasteiger partial charge in [0.05, 0.1) is 5.92 Å². The monoisotopic (exact) mass is 382 g/mol. The van der Waals surface area contributed by atoms with Crippen LogP contribution in [0.25, 0.3) is 0 Å². The third-order valence-electron chi connectivity index (χ3n) is 5.47. The van der Waals surface area contributed by atoms with Crippen molar-refractivity contribution in [1.29, 1.82) is 0 Å². The zero-order valence-corrected chi connectivity index (χ0v) is 16.4. The van der Waals surface area contributed by atoms with Gasteiger partial charge in [0.1, 0.15) is 5.82 Å². The van der Waals surface area contributed by atoms with E-state index >= 15 is 0 Å². The van der Waals surface area contributed by atoms with Gasteiger partial charge in [-0.05, 0) is 49.6 Å². The normalized spacial score (nSPS) is 20.5. The van der Waals surface area contributed by atoms with Gasteiger partial charge in [-0.2, -0.15) is 0 Å². The number of hydrogen-bond donors (Lipinski definition) is 1. The summed E-state index contributed by atoms with van der Waals surface area (Å²) in [6.45, 7) is 4.94. The van der Waals surface area contributed by atoms with E-state index in [-0.39, 0.29) is 35.5 Å². The standard InChI is InChI=1S/C23H27FN2O2/c1-3-16(2)25-22(27)20-13-19(17-7-5-4-6-8-17)14-26(15-20)23(28)18-9-11-21(24)12-10-18/h4-12,16,19-20H,3,13-15H2,1-2H3,(H,25,27)/t16-,19-,20-/m1/s1. The van der Waals surface area contributed by atoms with Crippen LogP contribution in [0.4, 0.5) is 4.39 Å². The zero-order valence-electron chi connectivity index (χ0n) is 16.4. The number of benzene rings is 2. The molecule has 4 nitrogen and oxygen atoms in total. The Morgan fingerprint density at radius 1 is 1.11 bits per heavy atom. The van der Waals surface area contributed by atoms with E-state index in [1.54, 1.807) is 4.90 Å². The first-order valence-electron chi connectivity index (χ1n) is 9.88. The van der Waals surface area contributed by atoms with Crippen LogP contribution < -0.4 is 5.32 Å². The second-order valence-corrected chi connectivity index (χ2v) is 7.58. The lowest BCUT2D eigenvalue weighted by Crippen LogP contribution is -2.49. The fourth-order valence-electron chi connectivity index (χ4n) is 3.66. The topological polar surface area (TPSA) is 49.4 Å². The minimum atomic E-state index is -0.372. The number of carbonyl (C=O) groups excluding carboxylic acids is 2. The first-order valence-corrected chi connectivity index (χ1v) is 9.88. The molecule has 0 aliphatic carbocycles. The van der Waals surface area contributed by atoms with Gasteiger partial charge in [-0.15, -0.1) is 0 Å². The highest BCUT2D eigenvalue weighted by molar-refractivity contribution is 5.94. The van der Waals surface area contributed by atoms with E-state index in [4.69, 9.17) is 0 Å². The fraction of sp³-hybridized carbons (Fsp3) is 0.391. The molecule has 0 radical (unpaired) electrons. The molecule has 1 heterocycles. The largest absolute Gasteiger partial charge is 0.353 e. The maximum Gasteiger partial charge on any atom is 0.253 e. The van der Waals surface area contributed by atoms with Gasteiger partial charge in [-0.1, -0.05) is 37.3 Å². The minimum absolute atomic E-state index is 0.00751. The Labute approximate surface area is 165 Å². The van der Waals surface area contributed by atoms with Crippen LogP contribution in [0.1, 0.15) is 48.5 Å². The molecule has 5 heteroatoms. The number of carbonyl (C=O) groups is 2. The lowest BCUT2D eigenvalue weighted by molar-refractivity contribution is -0.127. The van der Waals surface area contributed by atoms with Gasteiger partial charge in [0, 0.05) is 30.6 Å². The van der Waals surface area contributed by atoms with Gasteiger partial charge < -0.3 is 10.2 Å². The Kier molecular flexibility index (Phi) is 6.45. The molecule has 0 bridgehead atoms. The smallest absolute Gasteiger partial charge is 0.253 e. The van der Waals surface area contributed by atoms with Gasteiger partial charge in [0.15, 0.2) is 0 Å². The molecule has 0 aromatic heterocycles. The summed E-state index contributed by atoms with van der Waals surface area (Å²) >= 11 is 0. The van der Waals surface area contributed by atoms with Gasteiger partial charge in [-0.3, -0.25) is 9.59 Å². The van der Waals surface area contributed by atoms with E-state index in [1.807, 2.05) is 44.2 Å². The van der Waals surface area contributed by atoms with E-state index in [9.17, 15) is 14.0 Å². The van der Waals surface area contributed by atoms with Crippen LogP contribution >= 0.6 is 0 Å². The molecular weight excluding hydrogens is 355 g/mol. The van der Waals surface area contributed by atoms with Crippen molar-refractivity contribution in [2.75, 3.05) is 13.1 Å². The molecule has 1 fully saturated rings. The first-order chi connectivity index (χ1) is 13.5. The van der Waals surface area contributed by atoms with Crippen LogP contribution in [-0.2, 0) is 4.79 Å². The van der Waals surface area contributed by atoms with E-state index in [2.05, 4.69) is 5.32 Å². The van der Waals surface area contributed by atoms with Crippen LogP contribution in [0.5, 0.6) is 0 Å². The average Bonchev–Trinajstić information content (AvgIpc) is 2.74. The van der Waals surface area contributed by atoms with Gasteiger partial charge >= 0.3 is 0 Å². The van der Waals surface area contributed by atoms with Crippen molar-refractivity contribution in [2.45, 2.75) is 38.6 Å². The molecule has 28 heavy (non-hydrogen) atoms. The van der Waals surface area contributed by atoms with Crippen molar-refractivity contribution in [3.8, 4) is 0 Å². The van der Waals surface area contributed by atoms with Crippen LogP contribution in [-0.4, -0.2) is 35.8 Å². The molecular formula is C23H27FN2O2. The number of nitrogens with zero attached hydrogens (tertiary/aromatic N) is 1. The maximum atomic E-state index is 13.2. The Morgan fingerprint density at radius 3 is 2.43 bits per heavy atom. The Hall–Kier alpha value is -2.69. The molecule has 1 aliphatic rings. The van der Waals surface area contributed by atoms with E-state index < -0.39 is 0 Å². The summed E-state index contributed by atoms with van der Waals surface area (Å²) in [7, 11) is 0. The predicted octanol–water partition coefficient (Wildman–Crippen LogP) is 3.99. The highest BCUT2D eigenvalue weighted by atomic mass is 19.1. The average molecular weight is 382 g/mol. The van der Waals surface area contributed by atoms with Crippen molar-refractivity contribution in [2.24, 2.45) is 5.92 Å². The number of halogens is 1. The van der Waals surface area contributed by atoms with Crippen molar-refractivity contribution in [3.05, 3.63) is 71.5 Å². The molecule has 1 N–H and O–H groups in total. The molecule has 0 unspecified atom stereocenters. The molecule has 1 aliphatic heterocycles. The highest BCUT2D eigenvalue weighted by Crippen LogP contribution is 2.31. The summed E-state index contributed by atoms with van der Waals surface area (Å²) in [5.74, 6) is -0.721. The molecule has 0 saturated carbocycles. The van der Waals surface area contributed by atoms with Crippen molar-refractivity contribution < 1.29 is 14.0 Å². The third-order valence-corrected chi connectivity index (χ3v) is 5.47. The Bertz CT molecular complexity index is 807. The number of likely N-dealkylation sites (tertiary alicyclic amines) is 1. The number of piperidine rings is 1.